The van der Waals surface area contributed by atoms with Crippen molar-refractivity contribution < 1.29 is 27.8 Å². The number of anilines is 2. The molecule has 0 fully saturated rings. The van der Waals surface area contributed by atoms with Gasteiger partial charge in [-0.1, -0.05) is 18.2 Å². The highest BCUT2D eigenvalue weighted by molar-refractivity contribution is 5.71. The van der Waals surface area contributed by atoms with Crippen molar-refractivity contribution in [3.8, 4) is 11.5 Å². The van der Waals surface area contributed by atoms with Crippen LogP contribution in [0.2, 0.25) is 0 Å². The Morgan fingerprint density at radius 3 is 2.51 bits per heavy atom. The largest absolute Gasteiger partial charge is 0.452 e. The van der Waals surface area contributed by atoms with Crippen LogP contribution in [0.4, 0.5) is 24.7 Å². The number of rotatable bonds is 9. The fourth-order valence-corrected chi connectivity index (χ4v) is 3.81. The van der Waals surface area contributed by atoms with E-state index in [4.69, 9.17) is 9.84 Å². The fraction of sp³-hybridized carbons (Fsp3) is 0.304. The highest BCUT2D eigenvalue weighted by atomic mass is 19.3. The molecular weight excluding hydrogens is 469 g/mol. The van der Waals surface area contributed by atoms with Gasteiger partial charge in [0.2, 0.25) is 0 Å². The number of aliphatic hydroxyl groups excluding tert-OH is 1. The maximum atomic E-state index is 13.4. The Hall–Kier alpha value is -3.93. The van der Waals surface area contributed by atoms with Crippen molar-refractivity contribution in [2.45, 2.75) is 32.5 Å². The first-order valence-corrected chi connectivity index (χ1v) is 10.7. The first-order chi connectivity index (χ1) is 16.8. The van der Waals surface area contributed by atoms with Crippen molar-refractivity contribution in [3.63, 3.8) is 0 Å². The number of hydrogen-bond acceptors (Lipinski definition) is 7. The summed E-state index contributed by atoms with van der Waals surface area (Å²) in [6.45, 7) is -3.10. The van der Waals surface area contributed by atoms with Gasteiger partial charge in [-0.15, -0.1) is 0 Å². The second-order valence-corrected chi connectivity index (χ2v) is 7.80. The minimum atomic E-state index is -3.01. The molecule has 0 spiro atoms. The van der Waals surface area contributed by atoms with Crippen molar-refractivity contribution in [3.05, 3.63) is 80.7 Å². The van der Waals surface area contributed by atoms with Crippen molar-refractivity contribution in [1.29, 1.82) is 0 Å². The van der Waals surface area contributed by atoms with Crippen LogP contribution in [-0.4, -0.2) is 33.8 Å². The molecule has 3 aromatic rings. The molecular formula is C23H23F3N4O5. The molecule has 1 aliphatic heterocycles. The number of benzene rings is 2. The summed E-state index contributed by atoms with van der Waals surface area (Å²) < 4.78 is 51.4. The molecule has 0 amide bonds. The number of fused-ring (bicyclic) bond motifs is 1. The van der Waals surface area contributed by atoms with E-state index in [9.17, 15) is 22.8 Å². The fourth-order valence-electron chi connectivity index (χ4n) is 3.81. The lowest BCUT2D eigenvalue weighted by Crippen LogP contribution is -2.43. The Labute approximate surface area is 197 Å². The molecule has 4 rings (SSSR count). The van der Waals surface area contributed by atoms with Gasteiger partial charge in [0.15, 0.2) is 0 Å². The number of ether oxygens (including phenoxy) is 2. The number of halogens is 3. The second kappa shape index (κ2) is 10.1. The molecule has 9 nitrogen and oxygen atoms in total. The third kappa shape index (κ3) is 5.11. The summed E-state index contributed by atoms with van der Waals surface area (Å²) in [5.74, 6) is -0.168. The smallest absolute Gasteiger partial charge is 0.387 e. The summed E-state index contributed by atoms with van der Waals surface area (Å²) in [4.78, 5) is 27.7. The van der Waals surface area contributed by atoms with Crippen LogP contribution in [0.15, 0.2) is 58.1 Å². The molecule has 0 saturated heterocycles. The van der Waals surface area contributed by atoms with E-state index in [0.29, 0.717) is 5.56 Å². The van der Waals surface area contributed by atoms with Gasteiger partial charge >= 0.3 is 12.3 Å². The Bertz CT molecular complexity index is 1310. The zero-order valence-electron chi connectivity index (χ0n) is 18.7. The van der Waals surface area contributed by atoms with Crippen molar-refractivity contribution in [2.24, 2.45) is 7.05 Å². The lowest BCUT2D eigenvalue weighted by Gasteiger charge is -2.26. The number of aliphatic hydroxyl groups is 1. The van der Waals surface area contributed by atoms with E-state index < -0.39 is 30.0 Å². The zero-order chi connectivity index (χ0) is 25.1. The first kappa shape index (κ1) is 24.2. The van der Waals surface area contributed by atoms with Crippen LogP contribution in [0.25, 0.3) is 0 Å². The predicted molar refractivity (Wildman–Crippen MR) is 121 cm³/mol. The minimum Gasteiger partial charge on any atom is -0.452 e. The van der Waals surface area contributed by atoms with Crippen LogP contribution < -0.4 is 30.9 Å². The van der Waals surface area contributed by atoms with E-state index in [-0.39, 0.29) is 49.1 Å². The average Bonchev–Trinajstić information content (AvgIpc) is 3.17. The summed E-state index contributed by atoms with van der Waals surface area (Å²) in [5, 5.41) is 12.2. The molecule has 1 aromatic heterocycles. The third-order valence-corrected chi connectivity index (χ3v) is 5.44. The van der Waals surface area contributed by atoms with E-state index >= 15 is 0 Å². The van der Waals surface area contributed by atoms with E-state index in [1.165, 1.54) is 48.0 Å². The van der Waals surface area contributed by atoms with E-state index in [2.05, 4.69) is 10.1 Å². The molecule has 2 heterocycles. The monoisotopic (exact) mass is 492 g/mol. The highest BCUT2D eigenvalue weighted by Gasteiger charge is 2.36. The lowest BCUT2D eigenvalue weighted by atomic mass is 10.2. The Morgan fingerprint density at radius 2 is 1.83 bits per heavy atom. The van der Waals surface area contributed by atoms with Gasteiger partial charge in [0.1, 0.15) is 28.8 Å². The number of nitrogens with zero attached hydrogens (tertiary/aromatic N) is 3. The van der Waals surface area contributed by atoms with E-state index in [1.807, 2.05) is 0 Å². The maximum Gasteiger partial charge on any atom is 0.387 e. The molecule has 35 heavy (non-hydrogen) atoms. The number of alkyl halides is 2. The molecule has 0 radical (unpaired) electrons. The topological polar surface area (TPSA) is 98.0 Å². The van der Waals surface area contributed by atoms with Crippen LogP contribution in [0.1, 0.15) is 12.0 Å². The molecule has 186 valence electrons. The minimum absolute atomic E-state index is 0.0121. The zero-order valence-corrected chi connectivity index (χ0v) is 18.7. The molecule has 1 aliphatic rings. The third-order valence-electron chi connectivity index (χ3n) is 5.44. The molecule has 12 heteroatoms. The van der Waals surface area contributed by atoms with Gasteiger partial charge in [-0.3, -0.25) is 13.9 Å². The van der Waals surface area contributed by atoms with Gasteiger partial charge in [-0.25, -0.2) is 9.18 Å². The summed E-state index contributed by atoms with van der Waals surface area (Å²) in [7, 11) is 1.48. The van der Waals surface area contributed by atoms with Crippen LogP contribution in [0.5, 0.6) is 11.5 Å². The van der Waals surface area contributed by atoms with E-state index in [0.717, 1.165) is 4.57 Å². The lowest BCUT2D eigenvalue weighted by molar-refractivity contribution is -0.0499. The molecule has 0 bridgehead atoms. The highest BCUT2D eigenvalue weighted by Crippen LogP contribution is 2.33. The van der Waals surface area contributed by atoms with Gasteiger partial charge in [0.05, 0.1) is 0 Å². The molecule has 1 unspecified atom stereocenters. The first-order valence-electron chi connectivity index (χ1n) is 10.7. The summed E-state index contributed by atoms with van der Waals surface area (Å²) in [6, 6.07) is 11.3. The number of aromatic nitrogens is 2. The van der Waals surface area contributed by atoms with Crippen molar-refractivity contribution in [1.82, 2.24) is 9.13 Å². The summed E-state index contributed by atoms with van der Waals surface area (Å²) in [5.41, 5.74) is -0.379. The molecule has 0 aliphatic carbocycles. The number of nitrogens with one attached hydrogen (secondary N) is 1. The van der Waals surface area contributed by atoms with Crippen LogP contribution in [0, 0.1) is 5.82 Å². The quantitative estimate of drug-likeness (QED) is 0.474. The van der Waals surface area contributed by atoms with Crippen LogP contribution >= 0.6 is 0 Å². The normalized spacial score (nSPS) is 14.7. The van der Waals surface area contributed by atoms with Gasteiger partial charge in [0.25, 0.3) is 11.9 Å². The SMILES string of the molecule is Cn1c2c(c(=O)n(CCCO)c1=O)N(Cc1ccc(F)cc1)C(Oc1cccc(OC(F)F)c1)N2. The van der Waals surface area contributed by atoms with E-state index in [1.54, 1.807) is 17.0 Å². The van der Waals surface area contributed by atoms with Crippen LogP contribution in [-0.2, 0) is 20.1 Å². The molecule has 0 saturated carbocycles. The predicted octanol–water partition coefficient (Wildman–Crippen LogP) is 2.46. The van der Waals surface area contributed by atoms with Gasteiger partial charge in [0, 0.05) is 32.8 Å². The Balaban J connectivity index is 1.75. The standard InChI is InChI=1S/C23H23F3N4O5/c1-28-19-18(20(32)29(23(28)33)10-3-11-31)30(13-14-6-8-15(24)9-7-14)22(27-19)35-17-5-2-4-16(12-17)34-21(25)26/h2,4-9,12,21-22,27,31H,3,10-11,13H2,1H3. The van der Waals surface area contributed by atoms with Gasteiger partial charge in [-0.05, 0) is 36.2 Å². The molecule has 2 N–H and O–H groups in total. The van der Waals surface area contributed by atoms with Gasteiger partial charge in [-0.2, -0.15) is 8.78 Å². The Kier molecular flexibility index (Phi) is 7.01. The van der Waals surface area contributed by atoms with Gasteiger partial charge < -0.3 is 24.8 Å². The maximum absolute atomic E-state index is 13.4. The van der Waals surface area contributed by atoms with Crippen molar-refractivity contribution >= 4 is 11.5 Å². The van der Waals surface area contributed by atoms with Crippen LogP contribution in [0.3, 0.4) is 0 Å². The molecule has 1 atom stereocenters. The summed E-state index contributed by atoms with van der Waals surface area (Å²) in [6.07, 6.45) is -0.806. The average molecular weight is 492 g/mol. The number of hydrogen-bond donors (Lipinski definition) is 2. The Morgan fingerprint density at radius 1 is 1.11 bits per heavy atom. The summed E-state index contributed by atoms with van der Waals surface area (Å²) >= 11 is 0. The van der Waals surface area contributed by atoms with Crippen molar-refractivity contribution in [2.75, 3.05) is 16.8 Å². The second-order valence-electron chi connectivity index (χ2n) is 7.80. The molecule has 2 aromatic carbocycles.